The van der Waals surface area contributed by atoms with Crippen LogP contribution in [0.4, 0.5) is 4.79 Å². The summed E-state index contributed by atoms with van der Waals surface area (Å²) in [5.74, 6) is 0.962. The molecule has 3 N–H and O–H groups in total. The van der Waals surface area contributed by atoms with Gasteiger partial charge in [-0.1, -0.05) is 49.0 Å². The van der Waals surface area contributed by atoms with E-state index in [-0.39, 0.29) is 18.4 Å². The molecule has 1 aromatic carbocycles. The first-order chi connectivity index (χ1) is 12.1. The second-order valence-corrected chi connectivity index (χ2v) is 7.25. The Kier molecular flexibility index (Phi) is 8.08. The summed E-state index contributed by atoms with van der Waals surface area (Å²) >= 11 is 1.71. The second kappa shape index (κ2) is 10.3. The van der Waals surface area contributed by atoms with Gasteiger partial charge >= 0.3 is 6.09 Å². The van der Waals surface area contributed by atoms with E-state index < -0.39 is 0 Å². The van der Waals surface area contributed by atoms with Gasteiger partial charge in [0.1, 0.15) is 6.10 Å². The summed E-state index contributed by atoms with van der Waals surface area (Å²) in [5.41, 5.74) is 6.86. The largest absolute Gasteiger partial charge is 0.446 e. The third kappa shape index (κ3) is 6.96. The maximum Gasteiger partial charge on any atom is 0.407 e. The van der Waals surface area contributed by atoms with Crippen LogP contribution in [-0.2, 0) is 11.3 Å². The van der Waals surface area contributed by atoms with E-state index in [1.807, 2.05) is 37.3 Å². The molecular formula is C18H28N4O2S. The molecule has 0 aromatic heterocycles. The number of amides is 1. The van der Waals surface area contributed by atoms with Crippen LogP contribution in [0.3, 0.4) is 0 Å². The van der Waals surface area contributed by atoms with Crippen molar-refractivity contribution in [3.8, 4) is 0 Å². The second-order valence-electron chi connectivity index (χ2n) is 6.02. The molecule has 1 heterocycles. The molecule has 0 aliphatic carbocycles. The number of alkyl carbamates (subject to hydrolysis) is 1. The van der Waals surface area contributed by atoms with Gasteiger partial charge < -0.3 is 20.7 Å². The van der Waals surface area contributed by atoms with Gasteiger partial charge in [-0.2, -0.15) is 0 Å². The van der Waals surface area contributed by atoms with Crippen molar-refractivity contribution in [1.29, 1.82) is 0 Å². The number of thioether (sulfide) groups is 1. The fraction of sp³-hybridized carbons (Fsp3) is 0.556. The van der Waals surface area contributed by atoms with Crippen molar-refractivity contribution >= 4 is 23.0 Å². The molecule has 138 valence electrons. The van der Waals surface area contributed by atoms with Crippen LogP contribution in [0.15, 0.2) is 35.3 Å². The van der Waals surface area contributed by atoms with Crippen LogP contribution in [-0.4, -0.2) is 47.3 Å². The standard InChI is InChI=1S/C18H28N4O2S/c1-3-25-17(21-14(2)19)22-11-9-16(10-12-22)24-18(23)20-13-15-7-5-4-6-8-15/h4-8,14,16H,3,9-13,19H2,1-2H3,(H,20,23). The minimum Gasteiger partial charge on any atom is -0.446 e. The third-order valence-electron chi connectivity index (χ3n) is 3.85. The Morgan fingerprint density at radius 2 is 2.08 bits per heavy atom. The first-order valence-electron chi connectivity index (χ1n) is 8.78. The summed E-state index contributed by atoms with van der Waals surface area (Å²) in [4.78, 5) is 18.7. The van der Waals surface area contributed by atoms with Crippen molar-refractivity contribution < 1.29 is 9.53 Å². The van der Waals surface area contributed by atoms with E-state index in [1.54, 1.807) is 11.8 Å². The molecular weight excluding hydrogens is 336 g/mol. The zero-order chi connectivity index (χ0) is 18.1. The van der Waals surface area contributed by atoms with Gasteiger partial charge in [-0.3, -0.25) is 0 Å². The van der Waals surface area contributed by atoms with Gasteiger partial charge in [-0.25, -0.2) is 9.79 Å². The monoisotopic (exact) mass is 364 g/mol. The molecule has 1 atom stereocenters. The maximum atomic E-state index is 12.0. The predicted octanol–water partition coefficient (Wildman–Crippen LogP) is 2.79. The number of nitrogens with two attached hydrogens (primary N) is 1. The van der Waals surface area contributed by atoms with Gasteiger partial charge in [-0.15, -0.1) is 0 Å². The van der Waals surface area contributed by atoms with Crippen LogP contribution in [0.25, 0.3) is 0 Å². The Balaban J connectivity index is 1.75. The molecule has 1 aliphatic rings. The number of hydrogen-bond donors (Lipinski definition) is 2. The fourth-order valence-electron chi connectivity index (χ4n) is 2.64. The molecule has 1 aromatic rings. The highest BCUT2D eigenvalue weighted by Crippen LogP contribution is 2.19. The lowest BCUT2D eigenvalue weighted by molar-refractivity contribution is 0.0653. The molecule has 2 rings (SSSR count). The summed E-state index contributed by atoms with van der Waals surface area (Å²) in [7, 11) is 0. The molecule has 1 aliphatic heterocycles. The number of aliphatic imine (C=N–C) groups is 1. The molecule has 1 amide bonds. The van der Waals surface area contributed by atoms with Gasteiger partial charge in [0.25, 0.3) is 0 Å². The number of ether oxygens (including phenoxy) is 1. The molecule has 0 spiro atoms. The minimum atomic E-state index is -0.352. The Morgan fingerprint density at radius 3 is 2.68 bits per heavy atom. The van der Waals surface area contributed by atoms with Gasteiger partial charge in [0.05, 0.1) is 6.17 Å². The Hall–Kier alpha value is -1.73. The smallest absolute Gasteiger partial charge is 0.407 e. The van der Waals surface area contributed by atoms with Crippen LogP contribution in [0, 0.1) is 0 Å². The number of rotatable bonds is 5. The normalized spacial score (nSPS) is 17.2. The predicted molar refractivity (Wildman–Crippen MR) is 104 cm³/mol. The first kappa shape index (κ1) is 19.6. The van der Waals surface area contributed by atoms with E-state index in [0.717, 1.165) is 42.4 Å². The van der Waals surface area contributed by atoms with Gasteiger partial charge in [0, 0.05) is 32.5 Å². The number of nitrogens with one attached hydrogen (secondary N) is 1. The highest BCUT2D eigenvalue weighted by atomic mass is 32.2. The molecule has 0 radical (unpaired) electrons. The Labute approximate surface area is 154 Å². The highest BCUT2D eigenvalue weighted by molar-refractivity contribution is 8.13. The molecule has 1 unspecified atom stereocenters. The van der Waals surface area contributed by atoms with Crippen molar-refractivity contribution in [2.75, 3.05) is 18.8 Å². The minimum absolute atomic E-state index is 0.0461. The number of carbonyl (C=O) groups is 1. The van der Waals surface area contributed by atoms with Crippen LogP contribution in [0.5, 0.6) is 0 Å². The van der Waals surface area contributed by atoms with Crippen LogP contribution in [0.2, 0.25) is 0 Å². The van der Waals surface area contributed by atoms with E-state index in [4.69, 9.17) is 10.5 Å². The molecule has 1 saturated heterocycles. The summed E-state index contributed by atoms with van der Waals surface area (Å²) in [6.45, 7) is 6.12. The van der Waals surface area contributed by atoms with E-state index in [0.29, 0.717) is 6.54 Å². The highest BCUT2D eigenvalue weighted by Gasteiger charge is 2.24. The molecule has 6 nitrogen and oxygen atoms in total. The topological polar surface area (TPSA) is 79.9 Å². The Bertz CT molecular complexity index is 557. The average molecular weight is 365 g/mol. The van der Waals surface area contributed by atoms with E-state index in [1.165, 1.54) is 0 Å². The van der Waals surface area contributed by atoms with Crippen molar-refractivity contribution in [3.63, 3.8) is 0 Å². The third-order valence-corrected chi connectivity index (χ3v) is 4.76. The number of amidine groups is 1. The van der Waals surface area contributed by atoms with Crippen molar-refractivity contribution in [3.05, 3.63) is 35.9 Å². The Morgan fingerprint density at radius 1 is 1.40 bits per heavy atom. The summed E-state index contributed by atoms with van der Waals surface area (Å²) in [6.07, 6.45) is 1.01. The quantitative estimate of drug-likeness (QED) is 0.620. The molecule has 0 saturated carbocycles. The lowest BCUT2D eigenvalue weighted by Crippen LogP contribution is -2.42. The van der Waals surface area contributed by atoms with Crippen LogP contribution < -0.4 is 11.1 Å². The molecule has 7 heteroatoms. The zero-order valence-electron chi connectivity index (χ0n) is 15.0. The number of hydrogen-bond acceptors (Lipinski definition) is 5. The van der Waals surface area contributed by atoms with E-state index in [9.17, 15) is 4.79 Å². The van der Waals surface area contributed by atoms with Crippen molar-refractivity contribution in [2.45, 2.75) is 45.5 Å². The average Bonchev–Trinajstić information content (AvgIpc) is 2.61. The van der Waals surface area contributed by atoms with E-state index >= 15 is 0 Å². The summed E-state index contributed by atoms with van der Waals surface area (Å²) in [6, 6.07) is 9.81. The fourth-order valence-corrected chi connectivity index (χ4v) is 3.51. The molecule has 25 heavy (non-hydrogen) atoms. The summed E-state index contributed by atoms with van der Waals surface area (Å²) in [5, 5.41) is 3.80. The summed E-state index contributed by atoms with van der Waals surface area (Å²) < 4.78 is 5.53. The van der Waals surface area contributed by atoms with Gasteiger partial charge in [-0.05, 0) is 18.2 Å². The van der Waals surface area contributed by atoms with Gasteiger partial charge in [0.15, 0.2) is 5.17 Å². The lowest BCUT2D eigenvalue weighted by atomic mass is 10.1. The van der Waals surface area contributed by atoms with Crippen LogP contribution >= 0.6 is 11.8 Å². The van der Waals surface area contributed by atoms with E-state index in [2.05, 4.69) is 22.1 Å². The number of nitrogens with zero attached hydrogens (tertiary/aromatic N) is 2. The van der Waals surface area contributed by atoms with Crippen molar-refractivity contribution in [1.82, 2.24) is 10.2 Å². The number of carbonyl (C=O) groups excluding carboxylic acids is 1. The van der Waals surface area contributed by atoms with Gasteiger partial charge in [0.2, 0.25) is 0 Å². The SMILES string of the molecule is CCSC(=NC(C)N)N1CCC(OC(=O)NCc2ccccc2)CC1. The lowest BCUT2D eigenvalue weighted by Gasteiger charge is -2.33. The zero-order valence-corrected chi connectivity index (χ0v) is 15.8. The number of benzene rings is 1. The van der Waals surface area contributed by atoms with Crippen molar-refractivity contribution in [2.24, 2.45) is 10.7 Å². The van der Waals surface area contributed by atoms with Crippen LogP contribution in [0.1, 0.15) is 32.3 Å². The number of piperidine rings is 1. The first-order valence-corrected chi connectivity index (χ1v) is 9.76. The molecule has 0 bridgehead atoms. The maximum absolute atomic E-state index is 12.0. The molecule has 1 fully saturated rings. The number of likely N-dealkylation sites (tertiary alicyclic amines) is 1.